The van der Waals surface area contributed by atoms with Crippen LogP contribution in [0.15, 0.2) is 72.8 Å². The lowest BCUT2D eigenvalue weighted by atomic mass is 10.00. The molecule has 0 aliphatic carbocycles. The van der Waals surface area contributed by atoms with Gasteiger partial charge in [-0.3, -0.25) is 14.5 Å². The van der Waals surface area contributed by atoms with Crippen LogP contribution in [-0.4, -0.2) is 49.1 Å². The molecule has 3 amide bonds. The molecule has 37 heavy (non-hydrogen) atoms. The maximum atomic E-state index is 13.2. The summed E-state index contributed by atoms with van der Waals surface area (Å²) in [5.74, 6) is -1.29. The van der Waals surface area contributed by atoms with Crippen molar-refractivity contribution in [2.45, 2.75) is 18.7 Å². The Morgan fingerprint density at radius 2 is 1.84 bits per heavy atom. The number of benzene rings is 3. The van der Waals surface area contributed by atoms with Crippen molar-refractivity contribution in [1.29, 1.82) is 0 Å². The standard InChI is InChI=1S/C27H25ClFN3O5/c1-36-13-12-30-26(34)23-24(37-27(35)32(23)16-17-4-2-6-20(28)14-17)19-5-3-7-22(15-19)31-25(33)18-8-10-21(29)11-9-18/h2-11,14-15,23-24H,12-13,16H2,1H3,(H,30,34)(H,31,33)/t23-,24+/m1/s1. The molecule has 0 unspecified atom stereocenters. The number of carbonyl (C=O) groups excluding carboxylic acids is 3. The first kappa shape index (κ1) is 26.1. The fourth-order valence-electron chi connectivity index (χ4n) is 4.02. The van der Waals surface area contributed by atoms with Crippen LogP contribution in [0, 0.1) is 5.82 Å². The molecule has 3 aromatic rings. The molecular weight excluding hydrogens is 501 g/mol. The third kappa shape index (κ3) is 6.44. The summed E-state index contributed by atoms with van der Waals surface area (Å²) in [6.45, 7) is 0.669. The third-order valence-corrected chi connectivity index (χ3v) is 6.02. The number of halogens is 2. The number of amides is 3. The van der Waals surface area contributed by atoms with Gasteiger partial charge in [-0.15, -0.1) is 0 Å². The van der Waals surface area contributed by atoms with E-state index in [1.807, 2.05) is 0 Å². The maximum Gasteiger partial charge on any atom is 0.411 e. The van der Waals surface area contributed by atoms with Gasteiger partial charge in [-0.05, 0) is 59.7 Å². The third-order valence-electron chi connectivity index (χ3n) is 5.78. The van der Waals surface area contributed by atoms with Crippen molar-refractivity contribution in [2.75, 3.05) is 25.6 Å². The molecule has 0 bridgehead atoms. The van der Waals surface area contributed by atoms with Crippen LogP contribution in [0.1, 0.15) is 27.6 Å². The zero-order valence-electron chi connectivity index (χ0n) is 19.9. The van der Waals surface area contributed by atoms with Crippen LogP contribution in [0.25, 0.3) is 0 Å². The number of cyclic esters (lactones) is 1. The lowest BCUT2D eigenvalue weighted by Gasteiger charge is -2.24. The minimum atomic E-state index is -0.980. The molecule has 3 aromatic carbocycles. The van der Waals surface area contributed by atoms with Gasteiger partial charge in [-0.25, -0.2) is 9.18 Å². The van der Waals surface area contributed by atoms with Crippen LogP contribution in [0.4, 0.5) is 14.9 Å². The van der Waals surface area contributed by atoms with Crippen LogP contribution in [0.5, 0.6) is 0 Å². The quantitative estimate of drug-likeness (QED) is 0.399. The van der Waals surface area contributed by atoms with Gasteiger partial charge in [0.1, 0.15) is 5.82 Å². The summed E-state index contributed by atoms with van der Waals surface area (Å²) in [7, 11) is 1.52. The normalized spacial score (nSPS) is 16.8. The zero-order chi connectivity index (χ0) is 26.4. The number of nitrogens with zero attached hydrogens (tertiary/aromatic N) is 1. The SMILES string of the molecule is COCCNC(=O)[C@H]1[C@H](c2cccc(NC(=O)c3ccc(F)cc3)c2)OC(=O)N1Cc1cccc(Cl)c1. The van der Waals surface area contributed by atoms with Crippen LogP contribution in [0.3, 0.4) is 0 Å². The molecule has 1 aliphatic heterocycles. The van der Waals surface area contributed by atoms with Gasteiger partial charge in [0.25, 0.3) is 5.91 Å². The van der Waals surface area contributed by atoms with Crippen LogP contribution >= 0.6 is 11.6 Å². The highest BCUT2D eigenvalue weighted by Gasteiger charge is 2.47. The fraction of sp³-hybridized carbons (Fsp3) is 0.222. The number of ether oxygens (including phenoxy) is 2. The maximum absolute atomic E-state index is 13.2. The Balaban J connectivity index is 1.59. The summed E-state index contributed by atoms with van der Waals surface area (Å²) in [6.07, 6.45) is -1.59. The van der Waals surface area contributed by atoms with Gasteiger partial charge >= 0.3 is 6.09 Å². The molecule has 10 heteroatoms. The molecule has 0 saturated carbocycles. The van der Waals surface area contributed by atoms with Crippen molar-refractivity contribution in [1.82, 2.24) is 10.2 Å². The molecule has 1 saturated heterocycles. The smallest absolute Gasteiger partial charge is 0.411 e. The van der Waals surface area contributed by atoms with E-state index in [0.29, 0.717) is 22.9 Å². The van der Waals surface area contributed by atoms with E-state index in [2.05, 4.69) is 10.6 Å². The van der Waals surface area contributed by atoms with Crippen molar-refractivity contribution in [3.8, 4) is 0 Å². The Bertz CT molecular complexity index is 1290. The highest BCUT2D eigenvalue weighted by atomic mass is 35.5. The highest BCUT2D eigenvalue weighted by Crippen LogP contribution is 2.35. The fourth-order valence-corrected chi connectivity index (χ4v) is 4.23. The van der Waals surface area contributed by atoms with E-state index in [1.165, 1.54) is 36.3 Å². The molecule has 1 heterocycles. The molecule has 0 aromatic heterocycles. The number of hydrogen-bond acceptors (Lipinski definition) is 5. The van der Waals surface area contributed by atoms with Gasteiger partial charge in [-0.2, -0.15) is 0 Å². The minimum absolute atomic E-state index is 0.110. The predicted octanol–water partition coefficient (Wildman–Crippen LogP) is 4.56. The van der Waals surface area contributed by atoms with Crippen LogP contribution in [-0.2, 0) is 20.8 Å². The molecular formula is C27H25ClFN3O5. The highest BCUT2D eigenvalue weighted by molar-refractivity contribution is 6.30. The van der Waals surface area contributed by atoms with E-state index in [4.69, 9.17) is 21.1 Å². The summed E-state index contributed by atoms with van der Waals surface area (Å²) >= 11 is 6.10. The van der Waals surface area contributed by atoms with Gasteiger partial charge in [0.15, 0.2) is 12.1 Å². The summed E-state index contributed by atoms with van der Waals surface area (Å²) in [5, 5.41) is 6.04. The first-order valence-electron chi connectivity index (χ1n) is 11.5. The second kappa shape index (κ2) is 11.9. The molecule has 0 spiro atoms. The Morgan fingerprint density at radius 3 is 2.57 bits per heavy atom. The predicted molar refractivity (Wildman–Crippen MR) is 136 cm³/mol. The molecule has 4 rings (SSSR count). The largest absolute Gasteiger partial charge is 0.438 e. The molecule has 1 aliphatic rings. The molecule has 2 atom stereocenters. The van der Waals surface area contributed by atoms with Gasteiger partial charge in [0, 0.05) is 29.9 Å². The molecule has 2 N–H and O–H groups in total. The topological polar surface area (TPSA) is 97.0 Å². The summed E-state index contributed by atoms with van der Waals surface area (Å²) in [6, 6.07) is 17.9. The van der Waals surface area contributed by atoms with Crippen molar-refractivity contribution < 1.29 is 28.2 Å². The Kier molecular flexibility index (Phi) is 8.37. The number of nitrogens with one attached hydrogen (secondary N) is 2. The monoisotopic (exact) mass is 525 g/mol. The summed E-state index contributed by atoms with van der Waals surface area (Å²) in [4.78, 5) is 40.1. The molecule has 1 fully saturated rings. The van der Waals surface area contributed by atoms with Gasteiger partial charge < -0.3 is 20.1 Å². The second-order valence-corrected chi connectivity index (χ2v) is 8.81. The number of methoxy groups -OCH3 is 1. The van der Waals surface area contributed by atoms with E-state index in [9.17, 15) is 18.8 Å². The lowest BCUT2D eigenvalue weighted by Crippen LogP contribution is -2.47. The van der Waals surface area contributed by atoms with E-state index in [-0.39, 0.29) is 18.7 Å². The number of rotatable bonds is 9. The summed E-state index contributed by atoms with van der Waals surface area (Å²) in [5.41, 5.74) is 1.96. The van der Waals surface area contributed by atoms with E-state index < -0.39 is 35.9 Å². The van der Waals surface area contributed by atoms with Gasteiger partial charge in [-0.1, -0.05) is 35.9 Å². The van der Waals surface area contributed by atoms with E-state index >= 15 is 0 Å². The van der Waals surface area contributed by atoms with Crippen molar-refractivity contribution in [3.63, 3.8) is 0 Å². The molecule has 8 nitrogen and oxygen atoms in total. The molecule has 0 radical (unpaired) electrons. The van der Waals surface area contributed by atoms with Gasteiger partial charge in [0.2, 0.25) is 5.91 Å². The molecule has 192 valence electrons. The van der Waals surface area contributed by atoms with E-state index in [1.54, 1.807) is 48.5 Å². The second-order valence-electron chi connectivity index (χ2n) is 8.38. The Morgan fingerprint density at radius 1 is 1.08 bits per heavy atom. The Labute approximate surface area is 218 Å². The first-order valence-corrected chi connectivity index (χ1v) is 11.9. The number of anilines is 1. The zero-order valence-corrected chi connectivity index (χ0v) is 20.7. The summed E-state index contributed by atoms with van der Waals surface area (Å²) < 4.78 is 23.9. The lowest BCUT2D eigenvalue weighted by molar-refractivity contribution is -0.126. The van der Waals surface area contributed by atoms with Crippen molar-refractivity contribution in [3.05, 3.63) is 100 Å². The van der Waals surface area contributed by atoms with E-state index in [0.717, 1.165) is 5.56 Å². The first-order chi connectivity index (χ1) is 17.9. The van der Waals surface area contributed by atoms with Gasteiger partial charge in [0.05, 0.1) is 13.2 Å². The minimum Gasteiger partial charge on any atom is -0.438 e. The number of hydrogen-bond donors (Lipinski definition) is 2. The number of carbonyl (C=O) groups is 3. The Hall–Kier alpha value is -3.95. The van der Waals surface area contributed by atoms with Crippen LogP contribution < -0.4 is 10.6 Å². The average molecular weight is 526 g/mol. The van der Waals surface area contributed by atoms with Crippen LogP contribution in [0.2, 0.25) is 5.02 Å². The average Bonchev–Trinajstić information content (AvgIpc) is 3.20. The van der Waals surface area contributed by atoms with Crippen molar-refractivity contribution in [2.24, 2.45) is 0 Å². The van der Waals surface area contributed by atoms with Crippen molar-refractivity contribution >= 4 is 35.2 Å².